The molecule has 1 fully saturated rings. The molecule has 29 heavy (non-hydrogen) atoms. The molecular formula is C22H18FNO3S2. The Balaban J connectivity index is 1.33. The van der Waals surface area contributed by atoms with Crippen LogP contribution in [0.5, 0.6) is 5.75 Å². The van der Waals surface area contributed by atoms with Gasteiger partial charge in [0.2, 0.25) is 5.91 Å². The first-order valence-electron chi connectivity index (χ1n) is 9.09. The molecule has 0 aliphatic carbocycles. The lowest BCUT2D eigenvalue weighted by Crippen LogP contribution is -2.31. The number of benzene rings is 2. The minimum atomic E-state index is -0.264. The lowest BCUT2D eigenvalue weighted by atomic mass is 10.1. The summed E-state index contributed by atoms with van der Waals surface area (Å²) in [4.78, 5) is 14.3. The minimum absolute atomic E-state index is 0.00744. The highest BCUT2D eigenvalue weighted by molar-refractivity contribution is 8.24. The zero-order chi connectivity index (χ0) is 20.2. The Morgan fingerprint density at radius 2 is 1.79 bits per heavy atom. The fourth-order valence-corrected chi connectivity index (χ4v) is 4.54. The molecule has 2 aromatic carbocycles. The van der Waals surface area contributed by atoms with E-state index in [1.807, 2.05) is 30.3 Å². The number of furan rings is 1. The third-order valence-electron chi connectivity index (χ3n) is 4.56. The van der Waals surface area contributed by atoms with E-state index in [-0.39, 0.29) is 17.0 Å². The van der Waals surface area contributed by atoms with E-state index in [2.05, 4.69) is 0 Å². The van der Waals surface area contributed by atoms with Gasteiger partial charge in [0.05, 0.1) is 18.1 Å². The Labute approximate surface area is 177 Å². The first-order valence-corrected chi connectivity index (χ1v) is 10.4. The van der Waals surface area contributed by atoms with Crippen LogP contribution in [0.25, 0.3) is 0 Å². The molecule has 4 rings (SSSR count). The van der Waals surface area contributed by atoms with Gasteiger partial charge in [-0.15, -0.1) is 0 Å². The second kappa shape index (κ2) is 8.80. The fraction of sp³-hybridized carbons (Fsp3) is 0.182. The predicted octanol–water partition coefficient (Wildman–Crippen LogP) is 4.97. The van der Waals surface area contributed by atoms with Gasteiger partial charge in [0, 0.05) is 0 Å². The summed E-state index contributed by atoms with van der Waals surface area (Å²) in [6, 6.07) is 17.5. The summed E-state index contributed by atoms with van der Waals surface area (Å²) in [5, 5.41) is -0.233. The number of hydrogen-bond donors (Lipinski definition) is 0. The number of amides is 1. The molecule has 2 heterocycles. The molecule has 4 nitrogen and oxygen atoms in total. The Morgan fingerprint density at radius 1 is 1.07 bits per heavy atom. The summed E-state index contributed by atoms with van der Waals surface area (Å²) >= 11 is 6.79. The van der Waals surface area contributed by atoms with Crippen LogP contribution in [0.4, 0.5) is 4.39 Å². The van der Waals surface area contributed by atoms with Crippen molar-refractivity contribution in [3.8, 4) is 5.75 Å². The summed E-state index contributed by atoms with van der Waals surface area (Å²) in [7, 11) is 0. The molecule has 3 aromatic rings. The maximum Gasteiger partial charge on any atom is 0.242 e. The van der Waals surface area contributed by atoms with Crippen molar-refractivity contribution >= 4 is 34.2 Å². The third-order valence-corrected chi connectivity index (χ3v) is 6.15. The molecule has 0 saturated carbocycles. The molecular weight excluding hydrogens is 409 g/mol. The topological polar surface area (TPSA) is 42.7 Å². The van der Waals surface area contributed by atoms with E-state index >= 15 is 0 Å². The van der Waals surface area contributed by atoms with E-state index in [1.165, 1.54) is 23.9 Å². The van der Waals surface area contributed by atoms with Gasteiger partial charge in [0.15, 0.2) is 0 Å². The fourth-order valence-electron chi connectivity index (χ4n) is 3.01. The highest BCUT2D eigenvalue weighted by Gasteiger charge is 2.37. The van der Waals surface area contributed by atoms with Gasteiger partial charge in [-0.3, -0.25) is 9.69 Å². The normalized spacial score (nSPS) is 16.4. The molecule has 7 heteroatoms. The lowest BCUT2D eigenvalue weighted by Gasteiger charge is -2.14. The van der Waals surface area contributed by atoms with Crippen LogP contribution in [0.3, 0.4) is 0 Å². The Morgan fingerprint density at radius 3 is 2.48 bits per heavy atom. The van der Waals surface area contributed by atoms with E-state index in [1.54, 1.807) is 29.4 Å². The van der Waals surface area contributed by atoms with Crippen LogP contribution in [0.2, 0.25) is 0 Å². The number of carbonyl (C=O) groups excluding carboxylic acids is 1. The van der Waals surface area contributed by atoms with E-state index in [4.69, 9.17) is 21.4 Å². The Bertz CT molecular complexity index is 988. The van der Waals surface area contributed by atoms with Crippen LogP contribution >= 0.6 is 24.0 Å². The van der Waals surface area contributed by atoms with Crippen LogP contribution in [0.15, 0.2) is 71.3 Å². The first kappa shape index (κ1) is 19.7. The average Bonchev–Trinajstić information content (AvgIpc) is 3.33. The number of thioether (sulfide) groups is 1. The number of halogens is 1. The van der Waals surface area contributed by atoms with Crippen molar-refractivity contribution in [2.75, 3.05) is 0 Å². The molecule has 0 N–H and O–H groups in total. The van der Waals surface area contributed by atoms with E-state index in [0.29, 0.717) is 29.7 Å². The van der Waals surface area contributed by atoms with Gasteiger partial charge >= 0.3 is 0 Å². The van der Waals surface area contributed by atoms with Crippen LogP contribution in [-0.2, 0) is 24.4 Å². The highest BCUT2D eigenvalue weighted by Crippen LogP contribution is 2.31. The van der Waals surface area contributed by atoms with Crippen molar-refractivity contribution in [1.29, 1.82) is 0 Å². The zero-order valence-electron chi connectivity index (χ0n) is 15.4. The average molecular weight is 428 g/mol. The summed E-state index contributed by atoms with van der Waals surface area (Å²) in [5.74, 6) is 1.18. The standard InChI is InChI=1S/C22H18FNO3S2/c23-17-7-3-16(4-8-17)14-27-18-9-5-15(6-10-18)12-20-21(25)24(22(28)29-20)13-19-2-1-11-26-19/h1-11,20H,12-14H2/t20-/m1/s1. The van der Waals surface area contributed by atoms with Crippen molar-refractivity contribution in [1.82, 2.24) is 4.90 Å². The summed E-state index contributed by atoms with van der Waals surface area (Å²) in [5.41, 5.74) is 1.93. The largest absolute Gasteiger partial charge is 0.489 e. The van der Waals surface area contributed by atoms with Crippen molar-refractivity contribution in [2.45, 2.75) is 24.8 Å². The quantitative estimate of drug-likeness (QED) is 0.498. The molecule has 1 aliphatic rings. The van der Waals surface area contributed by atoms with Gasteiger partial charge in [-0.2, -0.15) is 0 Å². The number of carbonyl (C=O) groups is 1. The van der Waals surface area contributed by atoms with E-state index in [0.717, 1.165) is 16.9 Å². The third kappa shape index (κ3) is 4.86. The summed E-state index contributed by atoms with van der Waals surface area (Å²) in [6.07, 6.45) is 2.18. The molecule has 0 unspecified atom stereocenters. The number of hydrogen-bond acceptors (Lipinski definition) is 5. The zero-order valence-corrected chi connectivity index (χ0v) is 17.0. The number of rotatable bonds is 7. The predicted molar refractivity (Wildman–Crippen MR) is 114 cm³/mol. The van der Waals surface area contributed by atoms with E-state index in [9.17, 15) is 9.18 Å². The molecule has 1 aromatic heterocycles. The van der Waals surface area contributed by atoms with Gasteiger partial charge in [0.25, 0.3) is 0 Å². The number of thiocarbonyl (C=S) groups is 1. The molecule has 148 valence electrons. The Hall–Kier alpha value is -2.64. The van der Waals surface area contributed by atoms with Gasteiger partial charge in [-0.1, -0.05) is 48.2 Å². The van der Waals surface area contributed by atoms with E-state index < -0.39 is 0 Å². The van der Waals surface area contributed by atoms with Crippen LogP contribution < -0.4 is 4.74 Å². The second-order valence-corrected chi connectivity index (χ2v) is 8.48. The maximum atomic E-state index is 12.9. The summed E-state index contributed by atoms with van der Waals surface area (Å²) < 4.78 is 24.6. The molecule has 0 spiro atoms. The van der Waals surface area contributed by atoms with Crippen molar-refractivity contribution in [3.05, 3.63) is 89.6 Å². The van der Waals surface area contributed by atoms with Crippen molar-refractivity contribution in [2.24, 2.45) is 0 Å². The molecule has 0 bridgehead atoms. The van der Waals surface area contributed by atoms with Gasteiger partial charge in [-0.05, 0) is 53.9 Å². The van der Waals surface area contributed by atoms with Gasteiger partial charge in [-0.25, -0.2) is 4.39 Å². The Kier molecular flexibility index (Phi) is 5.97. The monoisotopic (exact) mass is 427 g/mol. The van der Waals surface area contributed by atoms with Crippen LogP contribution in [0.1, 0.15) is 16.9 Å². The van der Waals surface area contributed by atoms with Crippen molar-refractivity contribution in [3.63, 3.8) is 0 Å². The molecule has 1 saturated heterocycles. The molecule has 0 radical (unpaired) electrons. The van der Waals surface area contributed by atoms with Crippen LogP contribution in [0, 0.1) is 5.82 Å². The van der Waals surface area contributed by atoms with Crippen LogP contribution in [-0.4, -0.2) is 20.4 Å². The first-order chi connectivity index (χ1) is 14.1. The minimum Gasteiger partial charge on any atom is -0.489 e. The second-order valence-electron chi connectivity index (χ2n) is 6.64. The molecule has 1 amide bonds. The number of nitrogens with zero attached hydrogens (tertiary/aromatic N) is 1. The molecule has 1 atom stereocenters. The summed E-state index contributed by atoms with van der Waals surface area (Å²) in [6.45, 7) is 0.733. The smallest absolute Gasteiger partial charge is 0.242 e. The SMILES string of the molecule is O=C1[C@@H](Cc2ccc(OCc3ccc(F)cc3)cc2)SC(=S)N1Cc1ccco1. The maximum absolute atomic E-state index is 12.9. The lowest BCUT2D eigenvalue weighted by molar-refractivity contribution is -0.126. The number of ether oxygens (including phenoxy) is 1. The van der Waals surface area contributed by atoms with Crippen molar-refractivity contribution < 1.29 is 18.3 Å². The highest BCUT2D eigenvalue weighted by atomic mass is 32.2. The molecule has 1 aliphatic heterocycles. The van der Waals surface area contributed by atoms with Gasteiger partial charge < -0.3 is 9.15 Å². The van der Waals surface area contributed by atoms with Gasteiger partial charge in [0.1, 0.15) is 28.3 Å².